The van der Waals surface area contributed by atoms with Crippen LogP contribution >= 0.6 is 0 Å². The Kier molecular flexibility index (Phi) is 3.63. The van der Waals surface area contributed by atoms with Gasteiger partial charge in [0.1, 0.15) is 0 Å². The van der Waals surface area contributed by atoms with E-state index in [9.17, 15) is 4.79 Å². The Bertz CT molecular complexity index is 564. The molecule has 0 bridgehead atoms. The molecule has 0 aliphatic rings. The maximum Gasteiger partial charge on any atom is 0.251 e. The summed E-state index contributed by atoms with van der Waals surface area (Å²) in [5.74, 6) is -0.0815. The largest absolute Gasteiger partial charge is 0.398 e. The van der Waals surface area contributed by atoms with E-state index >= 15 is 0 Å². The highest BCUT2D eigenvalue weighted by atomic mass is 16.1. The molecule has 0 unspecified atom stereocenters. The Morgan fingerprint density at radius 2 is 1.94 bits per heavy atom. The van der Waals surface area contributed by atoms with Crippen LogP contribution in [0.4, 0.5) is 5.69 Å². The van der Waals surface area contributed by atoms with E-state index in [0.29, 0.717) is 17.8 Å². The maximum absolute atomic E-state index is 11.9. The highest BCUT2D eigenvalue weighted by molar-refractivity contribution is 5.94. The van der Waals surface area contributed by atoms with E-state index in [-0.39, 0.29) is 5.91 Å². The van der Waals surface area contributed by atoms with E-state index in [1.807, 2.05) is 49.4 Å². The molecule has 0 aromatic heterocycles. The summed E-state index contributed by atoms with van der Waals surface area (Å²) in [5.41, 5.74) is 9.19. The summed E-state index contributed by atoms with van der Waals surface area (Å²) in [7, 11) is 0. The zero-order valence-corrected chi connectivity index (χ0v) is 10.3. The van der Waals surface area contributed by atoms with Crippen molar-refractivity contribution in [3.63, 3.8) is 0 Å². The first-order valence-electron chi connectivity index (χ1n) is 5.85. The monoisotopic (exact) mass is 240 g/mol. The van der Waals surface area contributed by atoms with Crippen molar-refractivity contribution < 1.29 is 4.79 Å². The number of nitrogens with two attached hydrogens (primary N) is 1. The van der Waals surface area contributed by atoms with Gasteiger partial charge in [0.25, 0.3) is 5.91 Å². The SMILES string of the molecule is Cc1cccc(C(=O)NCc2ccccc2N)c1. The zero-order valence-electron chi connectivity index (χ0n) is 10.3. The molecule has 2 aromatic carbocycles. The Morgan fingerprint density at radius 3 is 2.67 bits per heavy atom. The summed E-state index contributed by atoms with van der Waals surface area (Å²) in [5, 5.41) is 2.86. The number of hydrogen-bond donors (Lipinski definition) is 2. The van der Waals surface area contributed by atoms with Gasteiger partial charge in [-0.1, -0.05) is 35.9 Å². The van der Waals surface area contributed by atoms with Crippen LogP contribution < -0.4 is 11.1 Å². The third-order valence-electron chi connectivity index (χ3n) is 2.77. The first kappa shape index (κ1) is 12.2. The summed E-state index contributed by atoms with van der Waals surface area (Å²) in [6.45, 7) is 2.41. The number of anilines is 1. The van der Waals surface area contributed by atoms with Gasteiger partial charge < -0.3 is 11.1 Å². The minimum absolute atomic E-state index is 0.0815. The predicted molar refractivity (Wildman–Crippen MR) is 73.2 cm³/mol. The van der Waals surface area contributed by atoms with Crippen molar-refractivity contribution in [1.29, 1.82) is 0 Å². The van der Waals surface area contributed by atoms with E-state index in [2.05, 4.69) is 5.32 Å². The molecule has 0 aliphatic heterocycles. The van der Waals surface area contributed by atoms with Gasteiger partial charge in [0, 0.05) is 17.8 Å². The number of hydrogen-bond acceptors (Lipinski definition) is 2. The number of carbonyl (C=O) groups is 1. The van der Waals surface area contributed by atoms with Crippen molar-refractivity contribution in [2.45, 2.75) is 13.5 Å². The standard InChI is InChI=1S/C15H16N2O/c1-11-5-4-7-12(9-11)15(18)17-10-13-6-2-3-8-14(13)16/h2-9H,10,16H2,1H3,(H,17,18). The topological polar surface area (TPSA) is 55.1 Å². The first-order chi connectivity index (χ1) is 8.66. The molecule has 0 saturated carbocycles. The summed E-state index contributed by atoms with van der Waals surface area (Å²) in [6, 6.07) is 15.0. The molecule has 3 N–H and O–H groups in total. The van der Waals surface area contributed by atoms with E-state index in [4.69, 9.17) is 5.73 Å². The maximum atomic E-state index is 11.9. The number of nitrogens with one attached hydrogen (secondary N) is 1. The molecule has 0 saturated heterocycles. The second-order valence-electron chi connectivity index (χ2n) is 4.25. The van der Waals surface area contributed by atoms with Crippen molar-refractivity contribution in [1.82, 2.24) is 5.32 Å². The molecular weight excluding hydrogens is 224 g/mol. The van der Waals surface area contributed by atoms with Gasteiger partial charge in [-0.25, -0.2) is 0 Å². The molecule has 2 aromatic rings. The van der Waals surface area contributed by atoms with Crippen LogP contribution in [0.3, 0.4) is 0 Å². The fourth-order valence-corrected chi connectivity index (χ4v) is 1.76. The van der Waals surface area contributed by atoms with Crippen molar-refractivity contribution in [3.05, 3.63) is 65.2 Å². The van der Waals surface area contributed by atoms with Crippen LogP contribution in [0.15, 0.2) is 48.5 Å². The number of rotatable bonds is 3. The third kappa shape index (κ3) is 2.88. The number of amides is 1. The molecule has 2 rings (SSSR count). The van der Waals surface area contributed by atoms with Crippen LogP contribution in [0.5, 0.6) is 0 Å². The van der Waals surface area contributed by atoms with Crippen LogP contribution in [-0.4, -0.2) is 5.91 Å². The highest BCUT2D eigenvalue weighted by Crippen LogP contribution is 2.10. The number of para-hydroxylation sites is 1. The van der Waals surface area contributed by atoms with Crippen LogP contribution in [0.25, 0.3) is 0 Å². The Morgan fingerprint density at radius 1 is 1.17 bits per heavy atom. The molecule has 18 heavy (non-hydrogen) atoms. The molecule has 3 nitrogen and oxygen atoms in total. The van der Waals surface area contributed by atoms with Crippen LogP contribution in [0.1, 0.15) is 21.5 Å². The smallest absolute Gasteiger partial charge is 0.251 e. The molecule has 3 heteroatoms. The number of aryl methyl sites for hydroxylation is 1. The van der Waals surface area contributed by atoms with Crippen molar-refractivity contribution in [3.8, 4) is 0 Å². The van der Waals surface area contributed by atoms with E-state index < -0.39 is 0 Å². The lowest BCUT2D eigenvalue weighted by Gasteiger charge is -2.08. The van der Waals surface area contributed by atoms with E-state index in [1.165, 1.54) is 0 Å². The van der Waals surface area contributed by atoms with Gasteiger partial charge in [0.15, 0.2) is 0 Å². The van der Waals surface area contributed by atoms with Gasteiger partial charge in [0.2, 0.25) is 0 Å². The van der Waals surface area contributed by atoms with Gasteiger partial charge in [0.05, 0.1) is 0 Å². The van der Waals surface area contributed by atoms with Gasteiger partial charge in [-0.15, -0.1) is 0 Å². The molecule has 0 spiro atoms. The molecule has 0 heterocycles. The molecule has 92 valence electrons. The predicted octanol–water partition coefficient (Wildman–Crippen LogP) is 2.51. The molecule has 0 fully saturated rings. The zero-order chi connectivity index (χ0) is 13.0. The van der Waals surface area contributed by atoms with Crippen LogP contribution in [0.2, 0.25) is 0 Å². The van der Waals surface area contributed by atoms with Crippen molar-refractivity contribution in [2.24, 2.45) is 0 Å². The molecule has 0 radical (unpaired) electrons. The average Bonchev–Trinajstić information content (AvgIpc) is 2.37. The van der Waals surface area contributed by atoms with Gasteiger partial charge >= 0.3 is 0 Å². The first-order valence-corrected chi connectivity index (χ1v) is 5.85. The Labute approximate surface area is 107 Å². The van der Waals surface area contributed by atoms with Crippen LogP contribution in [0, 0.1) is 6.92 Å². The fourth-order valence-electron chi connectivity index (χ4n) is 1.76. The molecule has 0 atom stereocenters. The van der Waals surface area contributed by atoms with Gasteiger partial charge in [-0.05, 0) is 30.7 Å². The Balaban J connectivity index is 2.03. The summed E-state index contributed by atoms with van der Waals surface area (Å²) in [6.07, 6.45) is 0. The Hall–Kier alpha value is -2.29. The normalized spacial score (nSPS) is 10.1. The molecular formula is C15H16N2O. The molecule has 1 amide bonds. The fraction of sp³-hybridized carbons (Fsp3) is 0.133. The molecule has 0 aliphatic carbocycles. The second kappa shape index (κ2) is 5.36. The summed E-state index contributed by atoms with van der Waals surface area (Å²) < 4.78 is 0. The van der Waals surface area contributed by atoms with Crippen molar-refractivity contribution >= 4 is 11.6 Å². The lowest BCUT2D eigenvalue weighted by Crippen LogP contribution is -2.23. The average molecular weight is 240 g/mol. The number of carbonyl (C=O) groups excluding carboxylic acids is 1. The third-order valence-corrected chi connectivity index (χ3v) is 2.77. The minimum atomic E-state index is -0.0815. The number of nitrogen functional groups attached to an aromatic ring is 1. The van der Waals surface area contributed by atoms with Crippen molar-refractivity contribution in [2.75, 3.05) is 5.73 Å². The lowest BCUT2D eigenvalue weighted by atomic mass is 10.1. The number of benzene rings is 2. The van der Waals surface area contributed by atoms with Crippen LogP contribution in [-0.2, 0) is 6.54 Å². The second-order valence-corrected chi connectivity index (χ2v) is 4.25. The van der Waals surface area contributed by atoms with E-state index in [1.54, 1.807) is 6.07 Å². The lowest BCUT2D eigenvalue weighted by molar-refractivity contribution is 0.0951. The quantitative estimate of drug-likeness (QED) is 0.810. The highest BCUT2D eigenvalue weighted by Gasteiger charge is 2.05. The summed E-state index contributed by atoms with van der Waals surface area (Å²) in [4.78, 5) is 11.9. The van der Waals surface area contributed by atoms with Gasteiger partial charge in [-0.2, -0.15) is 0 Å². The minimum Gasteiger partial charge on any atom is -0.398 e. The summed E-state index contributed by atoms with van der Waals surface area (Å²) >= 11 is 0. The van der Waals surface area contributed by atoms with E-state index in [0.717, 1.165) is 11.1 Å². The van der Waals surface area contributed by atoms with Gasteiger partial charge in [-0.3, -0.25) is 4.79 Å².